The standard InChI is InChI=1S/C37H37N9O4S3/c1-44(2)18-19-45-36(41-42-43-45)53-22-24-21-51-33-30(32(48)46(33)31(24)34(49)50)39-29(47)20-28-23-52-35(38-28)40-37(25-12-6-3-7-13-25,26-14-8-4-9-15-26)27-16-10-5-11-17-27/h3-17,23,30,33H,18-22H2,1-2H3,(H,38,40)(H,39,47)(H,49,50)/t30-,33-/m1/s1. The first kappa shape index (κ1) is 36.3. The van der Waals surface area contributed by atoms with Gasteiger partial charge in [-0.25, -0.2) is 14.5 Å². The van der Waals surface area contributed by atoms with Crippen LogP contribution < -0.4 is 10.6 Å². The Morgan fingerprint density at radius 1 is 0.981 bits per heavy atom. The van der Waals surface area contributed by atoms with E-state index in [1.54, 1.807) is 4.68 Å². The van der Waals surface area contributed by atoms with Gasteiger partial charge in [-0.2, -0.15) is 0 Å². The van der Waals surface area contributed by atoms with Crippen LogP contribution >= 0.6 is 34.9 Å². The fourth-order valence-electron chi connectivity index (χ4n) is 6.46. The second kappa shape index (κ2) is 15.9. The lowest BCUT2D eigenvalue weighted by molar-refractivity contribution is -0.150. The van der Waals surface area contributed by atoms with E-state index in [1.165, 1.54) is 39.8 Å². The number of carboxylic acid groups (broad SMARTS) is 1. The zero-order valence-corrected chi connectivity index (χ0v) is 31.4. The van der Waals surface area contributed by atoms with Crippen molar-refractivity contribution < 1.29 is 19.5 Å². The highest BCUT2D eigenvalue weighted by atomic mass is 32.2. The minimum Gasteiger partial charge on any atom is -0.477 e. The molecule has 0 unspecified atom stereocenters. The van der Waals surface area contributed by atoms with Crippen LogP contribution in [-0.2, 0) is 32.9 Å². The predicted octanol–water partition coefficient (Wildman–Crippen LogP) is 4.17. The second-order valence-electron chi connectivity index (χ2n) is 12.8. The number of aromatic nitrogens is 5. The number of thioether (sulfide) groups is 2. The van der Waals surface area contributed by atoms with E-state index < -0.39 is 28.8 Å². The van der Waals surface area contributed by atoms with E-state index in [9.17, 15) is 19.5 Å². The molecule has 0 aliphatic carbocycles. The Labute approximate surface area is 318 Å². The molecule has 1 saturated heterocycles. The molecule has 53 heavy (non-hydrogen) atoms. The van der Waals surface area contributed by atoms with E-state index in [-0.39, 0.29) is 18.0 Å². The molecular formula is C37H37N9O4S3. The molecule has 2 amide bonds. The number of amides is 2. The number of nitrogens with one attached hydrogen (secondary N) is 2. The lowest BCUT2D eigenvalue weighted by atomic mass is 9.77. The first-order chi connectivity index (χ1) is 25.7. The number of thiazole rings is 1. The van der Waals surface area contributed by atoms with Crippen LogP contribution in [0.1, 0.15) is 22.4 Å². The van der Waals surface area contributed by atoms with Gasteiger partial charge in [-0.3, -0.25) is 14.5 Å². The molecule has 2 aliphatic heterocycles. The third-order valence-corrected chi connectivity index (χ3v) is 12.2. The van der Waals surface area contributed by atoms with Gasteiger partial charge < -0.3 is 20.6 Å². The maximum atomic E-state index is 13.4. The monoisotopic (exact) mass is 767 g/mol. The average molecular weight is 768 g/mol. The average Bonchev–Trinajstić information content (AvgIpc) is 3.83. The number of hydrogen-bond donors (Lipinski definition) is 3. The number of carboxylic acids is 1. The summed E-state index contributed by atoms with van der Waals surface area (Å²) in [6.07, 6.45) is -0.0413. The van der Waals surface area contributed by atoms with Crippen LogP contribution in [0.25, 0.3) is 0 Å². The van der Waals surface area contributed by atoms with Crippen LogP contribution in [0.2, 0.25) is 0 Å². The van der Waals surface area contributed by atoms with Gasteiger partial charge in [0.25, 0.3) is 5.91 Å². The molecule has 5 aromatic rings. The van der Waals surface area contributed by atoms with Crippen molar-refractivity contribution in [2.24, 2.45) is 0 Å². The summed E-state index contributed by atoms with van der Waals surface area (Å²) in [6, 6.07) is 29.7. The van der Waals surface area contributed by atoms with Gasteiger partial charge in [0.15, 0.2) is 5.13 Å². The van der Waals surface area contributed by atoms with E-state index in [1.807, 2.05) is 79.0 Å². The van der Waals surface area contributed by atoms with Gasteiger partial charge in [0.05, 0.1) is 18.7 Å². The van der Waals surface area contributed by atoms with E-state index >= 15 is 0 Å². The minimum atomic E-state index is -1.18. The summed E-state index contributed by atoms with van der Waals surface area (Å²) in [5.74, 6) is -1.30. The number of carbonyl (C=O) groups is 3. The molecule has 13 nitrogen and oxygen atoms in total. The van der Waals surface area contributed by atoms with E-state index in [2.05, 4.69) is 62.6 Å². The second-order valence-corrected chi connectivity index (χ2v) is 15.7. The molecule has 0 radical (unpaired) electrons. The van der Waals surface area contributed by atoms with E-state index in [0.717, 1.165) is 23.2 Å². The minimum absolute atomic E-state index is 0.0413. The molecule has 3 aromatic carbocycles. The van der Waals surface area contributed by atoms with Crippen LogP contribution in [0.3, 0.4) is 0 Å². The lowest BCUT2D eigenvalue weighted by Crippen LogP contribution is -2.70. The Morgan fingerprint density at radius 2 is 1.60 bits per heavy atom. The SMILES string of the molecule is CN(C)CCn1nnnc1SCC1=C(C(=O)O)N2C(=O)[C@@H](NC(=O)Cc3csc(NC(c4ccccc4)(c4ccccc4)c4ccccc4)n3)[C@H]2SC1. The predicted molar refractivity (Wildman–Crippen MR) is 205 cm³/mol. The summed E-state index contributed by atoms with van der Waals surface area (Å²) in [5, 5.41) is 31.1. The molecule has 1 fully saturated rings. The third kappa shape index (κ3) is 7.58. The van der Waals surface area contributed by atoms with Crippen molar-refractivity contribution in [2.75, 3.05) is 37.5 Å². The molecule has 0 spiro atoms. The molecule has 16 heteroatoms. The van der Waals surface area contributed by atoms with Crippen LogP contribution in [0.5, 0.6) is 0 Å². The summed E-state index contributed by atoms with van der Waals surface area (Å²) in [4.78, 5) is 47.3. The quantitative estimate of drug-likeness (QED) is 0.0795. The number of benzene rings is 3. The molecule has 4 heterocycles. The van der Waals surface area contributed by atoms with Crippen LogP contribution in [0.15, 0.2) is 113 Å². The zero-order chi connectivity index (χ0) is 37.0. The third-order valence-electron chi connectivity index (χ3n) is 9.01. The Hall–Kier alpha value is -5.03. The Kier molecular flexibility index (Phi) is 10.9. The summed E-state index contributed by atoms with van der Waals surface area (Å²) < 4.78 is 1.68. The van der Waals surface area contributed by atoms with Gasteiger partial charge >= 0.3 is 5.97 Å². The molecular weight excluding hydrogens is 731 g/mol. The summed E-state index contributed by atoms with van der Waals surface area (Å²) in [6.45, 7) is 1.33. The number of fused-ring (bicyclic) bond motifs is 1. The highest BCUT2D eigenvalue weighted by molar-refractivity contribution is 8.01. The maximum Gasteiger partial charge on any atom is 0.352 e. The number of β-lactam (4-membered cyclic amide) rings is 1. The molecule has 3 N–H and O–H groups in total. The van der Waals surface area contributed by atoms with Gasteiger partial charge in [0.2, 0.25) is 11.1 Å². The number of carbonyl (C=O) groups excluding carboxylic acids is 2. The zero-order valence-electron chi connectivity index (χ0n) is 29.0. The maximum absolute atomic E-state index is 13.4. The van der Waals surface area contributed by atoms with Gasteiger partial charge in [-0.15, -0.1) is 28.2 Å². The van der Waals surface area contributed by atoms with Crippen molar-refractivity contribution in [3.63, 3.8) is 0 Å². The number of tetrazole rings is 1. The van der Waals surface area contributed by atoms with Gasteiger partial charge in [-0.05, 0) is 46.8 Å². The number of anilines is 1. The molecule has 272 valence electrons. The van der Waals surface area contributed by atoms with Crippen molar-refractivity contribution >= 4 is 57.8 Å². The van der Waals surface area contributed by atoms with Crippen molar-refractivity contribution in [3.8, 4) is 0 Å². The number of hydrogen-bond acceptors (Lipinski definition) is 12. The fourth-order valence-corrected chi connectivity index (χ4v) is 9.61. The number of likely N-dealkylation sites (N-methyl/N-ethyl adjacent to an activating group) is 1. The number of aliphatic carboxylic acids is 1. The largest absolute Gasteiger partial charge is 0.477 e. The van der Waals surface area contributed by atoms with Crippen molar-refractivity contribution in [2.45, 2.75) is 35.1 Å². The number of nitrogens with zero attached hydrogens (tertiary/aromatic N) is 7. The van der Waals surface area contributed by atoms with Crippen LogP contribution in [0, 0.1) is 0 Å². The first-order valence-electron chi connectivity index (χ1n) is 16.9. The summed E-state index contributed by atoms with van der Waals surface area (Å²) in [7, 11) is 3.91. The number of rotatable bonds is 15. The van der Waals surface area contributed by atoms with Crippen molar-refractivity contribution in [1.82, 2.24) is 40.3 Å². The van der Waals surface area contributed by atoms with Gasteiger partial charge in [0, 0.05) is 23.4 Å². The van der Waals surface area contributed by atoms with E-state index in [4.69, 9.17) is 4.98 Å². The molecule has 0 bridgehead atoms. The highest BCUT2D eigenvalue weighted by Gasteiger charge is 2.54. The molecule has 2 aromatic heterocycles. The molecule has 0 saturated carbocycles. The van der Waals surface area contributed by atoms with E-state index in [0.29, 0.717) is 39.6 Å². The Bertz CT molecular complexity index is 2010. The van der Waals surface area contributed by atoms with Crippen molar-refractivity contribution in [1.29, 1.82) is 0 Å². The van der Waals surface area contributed by atoms with Gasteiger partial charge in [0.1, 0.15) is 22.7 Å². The lowest BCUT2D eigenvalue weighted by Gasteiger charge is -2.49. The van der Waals surface area contributed by atoms with Crippen LogP contribution in [-0.4, -0.2) is 101 Å². The molecule has 2 aliphatic rings. The molecule has 7 rings (SSSR count). The summed E-state index contributed by atoms with van der Waals surface area (Å²) >= 11 is 4.16. The Balaban J connectivity index is 1.03. The Morgan fingerprint density at radius 3 is 2.19 bits per heavy atom. The highest BCUT2D eigenvalue weighted by Crippen LogP contribution is 2.42. The first-order valence-corrected chi connectivity index (χ1v) is 19.8. The summed E-state index contributed by atoms with van der Waals surface area (Å²) in [5.41, 5.74) is 3.43. The topological polar surface area (TPSA) is 158 Å². The fraction of sp³-hybridized carbons (Fsp3) is 0.270. The molecule has 2 atom stereocenters. The normalized spacial score (nSPS) is 17.0. The van der Waals surface area contributed by atoms with Gasteiger partial charge in [-0.1, -0.05) is 103 Å². The van der Waals surface area contributed by atoms with Crippen LogP contribution in [0.4, 0.5) is 5.13 Å². The van der Waals surface area contributed by atoms with Crippen molar-refractivity contribution in [3.05, 3.63) is 130 Å². The smallest absolute Gasteiger partial charge is 0.352 e.